The van der Waals surface area contributed by atoms with Gasteiger partial charge in [-0.3, -0.25) is 0 Å². The van der Waals surface area contributed by atoms with Crippen LogP contribution in [0.4, 0.5) is 5.88 Å². The summed E-state index contributed by atoms with van der Waals surface area (Å²) in [5.74, 6) is 0.0316. The van der Waals surface area contributed by atoms with Crippen LogP contribution in [0.15, 0.2) is 28.7 Å². The highest BCUT2D eigenvalue weighted by Crippen LogP contribution is 2.25. The second kappa shape index (κ2) is 6.09. The topological polar surface area (TPSA) is 99.2 Å². The molecule has 2 rings (SSSR count). The number of carboxylic acids is 1. The molecule has 0 fully saturated rings. The Balaban J connectivity index is 2.28. The van der Waals surface area contributed by atoms with E-state index >= 15 is 0 Å². The molecule has 0 radical (unpaired) electrons. The number of oxazole rings is 1. The highest BCUT2D eigenvalue weighted by Gasteiger charge is 2.15. The second-order valence-electron chi connectivity index (χ2n) is 4.97. The number of carboxylic acid groups (broad SMARTS) is 1. The first-order valence-electron chi connectivity index (χ1n) is 6.49. The summed E-state index contributed by atoms with van der Waals surface area (Å²) in [5.41, 5.74) is 0.992. The molecule has 108 valence electrons. The zero-order chi connectivity index (χ0) is 15.4. The molecule has 0 amide bonds. The first kappa shape index (κ1) is 14.6. The minimum atomic E-state index is -0.994. The number of hydrogen-bond acceptors (Lipinski definition) is 5. The summed E-state index contributed by atoms with van der Waals surface area (Å²) in [7, 11) is 0. The first-order chi connectivity index (χ1) is 10.0. The lowest BCUT2D eigenvalue weighted by atomic mass is 10.1. The Kier molecular flexibility index (Phi) is 4.24. The van der Waals surface area contributed by atoms with Crippen LogP contribution in [0, 0.1) is 17.2 Å². The monoisotopic (exact) mass is 285 g/mol. The molecule has 0 aliphatic carbocycles. The Hall–Kier alpha value is -2.81. The molecule has 21 heavy (non-hydrogen) atoms. The summed E-state index contributed by atoms with van der Waals surface area (Å²) in [6.07, 6.45) is 0. The highest BCUT2D eigenvalue weighted by atomic mass is 16.4. The molecule has 0 unspecified atom stereocenters. The van der Waals surface area contributed by atoms with E-state index in [9.17, 15) is 4.79 Å². The predicted molar refractivity (Wildman–Crippen MR) is 76.9 cm³/mol. The molecule has 0 atom stereocenters. The third kappa shape index (κ3) is 3.39. The number of nitriles is 1. The van der Waals surface area contributed by atoms with Crippen molar-refractivity contribution in [1.82, 2.24) is 4.98 Å². The SMILES string of the molecule is CC(C)CNc1oc(-c2ccc(C(=O)O)cc2)nc1C#N. The van der Waals surface area contributed by atoms with Crippen molar-refractivity contribution in [3.63, 3.8) is 0 Å². The summed E-state index contributed by atoms with van der Waals surface area (Å²) in [6, 6.07) is 8.11. The molecule has 1 aromatic carbocycles. The van der Waals surface area contributed by atoms with E-state index < -0.39 is 5.97 Å². The molecule has 2 N–H and O–H groups in total. The van der Waals surface area contributed by atoms with Gasteiger partial charge >= 0.3 is 5.97 Å². The Morgan fingerprint density at radius 3 is 2.62 bits per heavy atom. The van der Waals surface area contributed by atoms with E-state index in [0.717, 1.165) is 0 Å². The van der Waals surface area contributed by atoms with E-state index in [4.69, 9.17) is 14.8 Å². The largest absolute Gasteiger partial charge is 0.478 e. The van der Waals surface area contributed by atoms with Gasteiger partial charge < -0.3 is 14.8 Å². The average molecular weight is 285 g/mol. The normalized spacial score (nSPS) is 10.4. The van der Waals surface area contributed by atoms with Crippen LogP contribution in [0.2, 0.25) is 0 Å². The number of benzene rings is 1. The predicted octanol–water partition coefficient (Wildman–Crippen LogP) is 2.98. The van der Waals surface area contributed by atoms with Crippen molar-refractivity contribution < 1.29 is 14.3 Å². The number of carbonyl (C=O) groups is 1. The third-order valence-electron chi connectivity index (χ3n) is 2.78. The van der Waals surface area contributed by atoms with Gasteiger partial charge in [-0.25, -0.2) is 4.79 Å². The molecule has 0 aliphatic heterocycles. The fourth-order valence-corrected chi connectivity index (χ4v) is 1.69. The molecular formula is C15H15N3O3. The maximum absolute atomic E-state index is 10.8. The van der Waals surface area contributed by atoms with E-state index in [1.807, 2.05) is 19.9 Å². The van der Waals surface area contributed by atoms with Crippen molar-refractivity contribution in [2.45, 2.75) is 13.8 Å². The summed E-state index contributed by atoms with van der Waals surface area (Å²) in [5, 5.41) is 21.0. The molecule has 0 spiro atoms. The molecule has 1 heterocycles. The van der Waals surface area contributed by atoms with Crippen molar-refractivity contribution in [2.24, 2.45) is 5.92 Å². The Bertz CT molecular complexity index is 681. The van der Waals surface area contributed by atoms with E-state index in [1.165, 1.54) is 12.1 Å². The number of aromatic carboxylic acids is 1. The van der Waals surface area contributed by atoms with E-state index in [-0.39, 0.29) is 17.1 Å². The summed E-state index contributed by atoms with van der Waals surface area (Å²) < 4.78 is 5.55. The number of nitrogens with one attached hydrogen (secondary N) is 1. The zero-order valence-electron chi connectivity index (χ0n) is 11.8. The molecule has 0 saturated carbocycles. The van der Waals surface area contributed by atoms with Crippen LogP contribution in [-0.4, -0.2) is 22.6 Å². The van der Waals surface area contributed by atoms with Crippen molar-refractivity contribution in [3.05, 3.63) is 35.5 Å². The van der Waals surface area contributed by atoms with Crippen molar-refractivity contribution in [2.75, 3.05) is 11.9 Å². The van der Waals surface area contributed by atoms with E-state index in [0.29, 0.717) is 23.9 Å². The van der Waals surface area contributed by atoms with Gasteiger partial charge in [0.05, 0.1) is 5.56 Å². The Labute approximate surface area is 122 Å². The van der Waals surface area contributed by atoms with Crippen molar-refractivity contribution in [1.29, 1.82) is 5.26 Å². The van der Waals surface area contributed by atoms with Gasteiger partial charge in [0.25, 0.3) is 0 Å². The summed E-state index contributed by atoms with van der Waals surface area (Å²) in [4.78, 5) is 14.9. The molecule has 6 heteroatoms. The highest BCUT2D eigenvalue weighted by molar-refractivity contribution is 5.88. The molecule has 1 aromatic heterocycles. The van der Waals surface area contributed by atoms with Gasteiger partial charge in [0.2, 0.25) is 17.5 Å². The number of hydrogen-bond donors (Lipinski definition) is 2. The fraction of sp³-hybridized carbons (Fsp3) is 0.267. The van der Waals surface area contributed by atoms with Gasteiger partial charge in [-0.1, -0.05) is 13.8 Å². The van der Waals surface area contributed by atoms with Crippen LogP contribution >= 0.6 is 0 Å². The third-order valence-corrected chi connectivity index (χ3v) is 2.78. The lowest BCUT2D eigenvalue weighted by Gasteiger charge is -2.05. The zero-order valence-corrected chi connectivity index (χ0v) is 11.8. The van der Waals surface area contributed by atoms with Gasteiger partial charge in [-0.2, -0.15) is 10.2 Å². The number of nitrogens with zero attached hydrogens (tertiary/aromatic N) is 2. The van der Waals surface area contributed by atoms with Crippen LogP contribution in [0.1, 0.15) is 29.9 Å². The minimum Gasteiger partial charge on any atom is -0.478 e. The quantitative estimate of drug-likeness (QED) is 0.876. The van der Waals surface area contributed by atoms with Gasteiger partial charge in [0.1, 0.15) is 6.07 Å². The van der Waals surface area contributed by atoms with Crippen LogP contribution in [-0.2, 0) is 0 Å². The van der Waals surface area contributed by atoms with Crippen LogP contribution in [0.3, 0.4) is 0 Å². The number of aromatic nitrogens is 1. The molecule has 6 nitrogen and oxygen atoms in total. The standard InChI is InChI=1S/C15H15N3O3/c1-9(2)8-17-14-12(7-16)18-13(21-14)10-3-5-11(6-4-10)15(19)20/h3-6,9,17H,8H2,1-2H3,(H,19,20). The summed E-state index contributed by atoms with van der Waals surface area (Å²) in [6.45, 7) is 4.75. The maximum atomic E-state index is 10.8. The molecule has 2 aromatic rings. The Morgan fingerprint density at radius 2 is 2.10 bits per heavy atom. The fourth-order valence-electron chi connectivity index (χ4n) is 1.69. The number of anilines is 1. The smallest absolute Gasteiger partial charge is 0.335 e. The van der Waals surface area contributed by atoms with E-state index in [1.54, 1.807) is 12.1 Å². The second-order valence-corrected chi connectivity index (χ2v) is 4.97. The van der Waals surface area contributed by atoms with Gasteiger partial charge in [0.15, 0.2) is 0 Å². The summed E-state index contributed by atoms with van der Waals surface area (Å²) >= 11 is 0. The maximum Gasteiger partial charge on any atom is 0.335 e. The Morgan fingerprint density at radius 1 is 1.43 bits per heavy atom. The lowest BCUT2D eigenvalue weighted by molar-refractivity contribution is 0.0697. The molecule has 0 bridgehead atoms. The van der Waals surface area contributed by atoms with Crippen LogP contribution < -0.4 is 5.32 Å². The average Bonchev–Trinajstić information content (AvgIpc) is 2.88. The van der Waals surface area contributed by atoms with Crippen LogP contribution in [0.25, 0.3) is 11.5 Å². The van der Waals surface area contributed by atoms with Gasteiger partial charge in [-0.15, -0.1) is 0 Å². The minimum absolute atomic E-state index is 0.184. The van der Waals surface area contributed by atoms with E-state index in [2.05, 4.69) is 10.3 Å². The van der Waals surface area contributed by atoms with Crippen molar-refractivity contribution in [3.8, 4) is 17.5 Å². The molecular weight excluding hydrogens is 270 g/mol. The van der Waals surface area contributed by atoms with Crippen molar-refractivity contribution >= 4 is 11.9 Å². The number of rotatable bonds is 5. The molecule has 0 aliphatic rings. The molecule has 0 saturated heterocycles. The van der Waals surface area contributed by atoms with Gasteiger partial charge in [-0.05, 0) is 30.2 Å². The first-order valence-corrected chi connectivity index (χ1v) is 6.49. The lowest BCUT2D eigenvalue weighted by Crippen LogP contribution is -2.08. The van der Waals surface area contributed by atoms with Gasteiger partial charge in [0, 0.05) is 12.1 Å². The van der Waals surface area contributed by atoms with Crippen LogP contribution in [0.5, 0.6) is 0 Å².